The Bertz CT molecular complexity index is 741. The normalized spacial score (nSPS) is 19.3. The van der Waals surface area contributed by atoms with Gasteiger partial charge in [-0.25, -0.2) is 4.98 Å². The molecule has 6 heteroatoms. The van der Waals surface area contributed by atoms with Gasteiger partial charge >= 0.3 is 0 Å². The molecule has 0 aliphatic carbocycles. The maximum absolute atomic E-state index is 12.7. The molecule has 1 aromatic carbocycles. The van der Waals surface area contributed by atoms with Crippen LogP contribution in [0.25, 0.3) is 0 Å². The van der Waals surface area contributed by atoms with Crippen molar-refractivity contribution in [2.45, 2.75) is 25.9 Å². The predicted octanol–water partition coefficient (Wildman–Crippen LogP) is 2.02. The van der Waals surface area contributed by atoms with E-state index in [1.165, 1.54) is 0 Å². The first-order valence-corrected chi connectivity index (χ1v) is 8.21. The smallest absolute Gasteiger partial charge is 0.257 e. The van der Waals surface area contributed by atoms with E-state index in [4.69, 9.17) is 0 Å². The van der Waals surface area contributed by atoms with Crippen LogP contribution in [0.3, 0.4) is 0 Å². The third-order valence-corrected chi connectivity index (χ3v) is 4.70. The minimum atomic E-state index is -0.702. The summed E-state index contributed by atoms with van der Waals surface area (Å²) in [6.07, 6.45) is 4.43. The maximum atomic E-state index is 12.7. The number of imidazole rings is 1. The quantitative estimate of drug-likeness (QED) is 0.903. The fourth-order valence-electron chi connectivity index (χ4n) is 3.32. The van der Waals surface area contributed by atoms with Crippen molar-refractivity contribution >= 4 is 5.91 Å². The molecular formula is C18H23N3O3. The number of benzene rings is 1. The SMILES string of the molecule is Cc1ccc(C(=O)N2CCCC(C(O)c3nccn3C)C2)c(O)c1. The fourth-order valence-corrected chi connectivity index (χ4v) is 3.32. The first kappa shape index (κ1) is 16.5. The molecule has 2 unspecified atom stereocenters. The molecule has 1 saturated heterocycles. The van der Waals surface area contributed by atoms with E-state index in [0.717, 1.165) is 18.4 Å². The summed E-state index contributed by atoms with van der Waals surface area (Å²) in [7, 11) is 1.85. The van der Waals surface area contributed by atoms with Crippen LogP contribution in [0, 0.1) is 12.8 Å². The van der Waals surface area contributed by atoms with Crippen molar-refractivity contribution in [2.75, 3.05) is 13.1 Å². The van der Waals surface area contributed by atoms with Crippen LogP contribution in [0.1, 0.15) is 40.7 Å². The first-order chi connectivity index (χ1) is 11.5. The van der Waals surface area contributed by atoms with Gasteiger partial charge in [0.1, 0.15) is 17.7 Å². The molecular weight excluding hydrogens is 306 g/mol. The molecule has 0 radical (unpaired) electrons. The number of hydrogen-bond acceptors (Lipinski definition) is 4. The maximum Gasteiger partial charge on any atom is 0.257 e. The molecule has 1 amide bonds. The average Bonchev–Trinajstić information content (AvgIpc) is 3.00. The van der Waals surface area contributed by atoms with E-state index < -0.39 is 6.10 Å². The Morgan fingerprint density at radius 1 is 1.42 bits per heavy atom. The topological polar surface area (TPSA) is 78.6 Å². The van der Waals surface area contributed by atoms with Crippen molar-refractivity contribution in [3.63, 3.8) is 0 Å². The number of phenolic OH excluding ortho intramolecular Hbond substituents is 1. The number of nitrogens with zero attached hydrogens (tertiary/aromatic N) is 3. The number of amides is 1. The number of rotatable bonds is 3. The molecule has 1 aliphatic rings. The van der Waals surface area contributed by atoms with Crippen LogP contribution in [0.4, 0.5) is 0 Å². The van der Waals surface area contributed by atoms with Crippen LogP contribution >= 0.6 is 0 Å². The Labute approximate surface area is 141 Å². The number of aromatic hydroxyl groups is 1. The number of aliphatic hydroxyl groups is 1. The number of likely N-dealkylation sites (tertiary alicyclic amines) is 1. The van der Waals surface area contributed by atoms with E-state index in [1.807, 2.05) is 20.0 Å². The number of phenols is 1. The highest BCUT2D eigenvalue weighted by atomic mass is 16.3. The highest BCUT2D eigenvalue weighted by Crippen LogP contribution is 2.30. The second-order valence-corrected chi connectivity index (χ2v) is 6.52. The van der Waals surface area contributed by atoms with Crippen LogP contribution < -0.4 is 0 Å². The third-order valence-electron chi connectivity index (χ3n) is 4.70. The number of aryl methyl sites for hydroxylation is 2. The van der Waals surface area contributed by atoms with Crippen molar-refractivity contribution in [1.82, 2.24) is 14.5 Å². The van der Waals surface area contributed by atoms with Gasteiger partial charge in [-0.2, -0.15) is 0 Å². The Morgan fingerprint density at radius 2 is 2.21 bits per heavy atom. The lowest BCUT2D eigenvalue weighted by atomic mass is 9.91. The first-order valence-electron chi connectivity index (χ1n) is 8.21. The lowest BCUT2D eigenvalue weighted by Gasteiger charge is -2.35. The molecule has 128 valence electrons. The van der Waals surface area contributed by atoms with Gasteiger partial charge in [0.05, 0.1) is 5.56 Å². The summed E-state index contributed by atoms with van der Waals surface area (Å²) in [6.45, 7) is 2.96. The molecule has 1 aromatic heterocycles. The number of aliphatic hydroxyl groups excluding tert-OH is 1. The second kappa shape index (κ2) is 6.65. The molecule has 0 spiro atoms. The monoisotopic (exact) mass is 329 g/mol. The zero-order valence-corrected chi connectivity index (χ0v) is 14.0. The minimum absolute atomic E-state index is 0.00627. The number of hydrogen-bond donors (Lipinski definition) is 2. The molecule has 1 fully saturated rings. The molecule has 2 aromatic rings. The standard InChI is InChI=1S/C18H23N3O3/c1-12-5-6-14(15(22)10-12)18(24)21-8-3-4-13(11-21)16(23)17-19-7-9-20(17)2/h5-7,9-10,13,16,22-23H,3-4,8,11H2,1-2H3. The summed E-state index contributed by atoms with van der Waals surface area (Å²) >= 11 is 0. The Balaban J connectivity index is 1.75. The van der Waals surface area contributed by atoms with Crippen LogP contribution in [0.2, 0.25) is 0 Å². The number of carbonyl (C=O) groups is 1. The van der Waals surface area contributed by atoms with Crippen LogP contribution in [0.15, 0.2) is 30.6 Å². The summed E-state index contributed by atoms with van der Waals surface area (Å²) < 4.78 is 1.80. The van der Waals surface area contributed by atoms with Gasteiger partial charge in [0.15, 0.2) is 0 Å². The number of piperidine rings is 1. The number of carbonyl (C=O) groups excluding carboxylic acids is 1. The highest BCUT2D eigenvalue weighted by Gasteiger charge is 2.32. The summed E-state index contributed by atoms with van der Waals surface area (Å²) in [5, 5.41) is 20.6. The van der Waals surface area contributed by atoms with Gasteiger partial charge in [0, 0.05) is 38.4 Å². The molecule has 6 nitrogen and oxygen atoms in total. The van der Waals surface area contributed by atoms with E-state index in [-0.39, 0.29) is 17.6 Å². The number of aromatic nitrogens is 2. The molecule has 3 rings (SSSR count). The lowest BCUT2D eigenvalue weighted by Crippen LogP contribution is -2.42. The van der Waals surface area contributed by atoms with Crippen LogP contribution in [-0.4, -0.2) is 43.7 Å². The molecule has 0 saturated carbocycles. The van der Waals surface area contributed by atoms with E-state index in [2.05, 4.69) is 4.98 Å². The largest absolute Gasteiger partial charge is 0.507 e. The van der Waals surface area contributed by atoms with E-state index >= 15 is 0 Å². The highest BCUT2D eigenvalue weighted by molar-refractivity contribution is 5.97. The van der Waals surface area contributed by atoms with Crippen LogP contribution in [0.5, 0.6) is 5.75 Å². The fraction of sp³-hybridized carbons (Fsp3) is 0.444. The van der Waals surface area contributed by atoms with E-state index in [0.29, 0.717) is 24.5 Å². The molecule has 2 N–H and O–H groups in total. The molecule has 24 heavy (non-hydrogen) atoms. The zero-order valence-electron chi connectivity index (χ0n) is 14.0. The van der Waals surface area contributed by atoms with Crippen molar-refractivity contribution < 1.29 is 15.0 Å². The molecule has 1 aliphatic heterocycles. The lowest BCUT2D eigenvalue weighted by molar-refractivity contribution is 0.0357. The summed E-state index contributed by atoms with van der Waals surface area (Å²) in [6, 6.07) is 5.07. The Hall–Kier alpha value is -2.34. The van der Waals surface area contributed by atoms with Gasteiger partial charge < -0.3 is 19.7 Å². The average molecular weight is 329 g/mol. The Kier molecular flexibility index (Phi) is 4.57. The van der Waals surface area contributed by atoms with Gasteiger partial charge in [-0.05, 0) is 37.5 Å². The summed E-state index contributed by atoms with van der Waals surface area (Å²) in [4.78, 5) is 18.6. The second-order valence-electron chi connectivity index (χ2n) is 6.52. The van der Waals surface area contributed by atoms with Gasteiger partial charge in [-0.1, -0.05) is 6.07 Å². The third kappa shape index (κ3) is 3.14. The molecule has 0 bridgehead atoms. The minimum Gasteiger partial charge on any atom is -0.507 e. The van der Waals surface area contributed by atoms with Crippen molar-refractivity contribution in [2.24, 2.45) is 13.0 Å². The van der Waals surface area contributed by atoms with Crippen molar-refractivity contribution in [1.29, 1.82) is 0 Å². The van der Waals surface area contributed by atoms with Crippen molar-refractivity contribution in [3.05, 3.63) is 47.5 Å². The molecule has 2 atom stereocenters. The Morgan fingerprint density at radius 3 is 2.88 bits per heavy atom. The van der Waals surface area contributed by atoms with Gasteiger partial charge in [0.2, 0.25) is 0 Å². The zero-order chi connectivity index (χ0) is 17.3. The van der Waals surface area contributed by atoms with Crippen LogP contribution in [-0.2, 0) is 7.05 Å². The van der Waals surface area contributed by atoms with Gasteiger partial charge in [-0.15, -0.1) is 0 Å². The predicted molar refractivity (Wildman–Crippen MR) is 89.6 cm³/mol. The summed E-state index contributed by atoms with van der Waals surface area (Å²) in [5.74, 6) is 0.375. The van der Waals surface area contributed by atoms with E-state index in [9.17, 15) is 15.0 Å². The summed E-state index contributed by atoms with van der Waals surface area (Å²) in [5.41, 5.74) is 1.22. The van der Waals surface area contributed by atoms with Crippen molar-refractivity contribution in [3.8, 4) is 5.75 Å². The van der Waals surface area contributed by atoms with E-state index in [1.54, 1.807) is 34.0 Å². The molecule has 2 heterocycles. The van der Waals surface area contributed by atoms with Gasteiger partial charge in [0.25, 0.3) is 5.91 Å². The van der Waals surface area contributed by atoms with Gasteiger partial charge in [-0.3, -0.25) is 4.79 Å².